The van der Waals surface area contributed by atoms with E-state index in [1.165, 1.54) is 26.6 Å². The maximum atomic E-state index is 12.0. The molecule has 2 aromatic carbocycles. The number of amides is 2. The van der Waals surface area contributed by atoms with E-state index in [1.807, 2.05) is 0 Å². The van der Waals surface area contributed by atoms with Gasteiger partial charge in [0.1, 0.15) is 23.0 Å². The van der Waals surface area contributed by atoms with E-state index in [-0.39, 0.29) is 12.8 Å². The van der Waals surface area contributed by atoms with Gasteiger partial charge in [0.2, 0.25) is 11.8 Å². The van der Waals surface area contributed by atoms with Crippen LogP contribution in [0.5, 0.6) is 23.0 Å². The van der Waals surface area contributed by atoms with Crippen LogP contribution in [0, 0.1) is 0 Å². The number of nitrogens with zero attached hydrogens (tertiary/aromatic N) is 2. The molecule has 0 bridgehead atoms. The summed E-state index contributed by atoms with van der Waals surface area (Å²) in [6.45, 7) is 0. The fraction of sp³-hybridized carbons (Fsp3) is 0.273. The monoisotopic (exact) mass is 598 g/mol. The summed E-state index contributed by atoms with van der Waals surface area (Å²) in [5.41, 5.74) is 6.01. The van der Waals surface area contributed by atoms with Crippen molar-refractivity contribution in [3.63, 3.8) is 0 Å². The van der Waals surface area contributed by atoms with Gasteiger partial charge in [-0.25, -0.2) is 10.9 Å². The molecule has 0 atom stereocenters. The Kier molecular flexibility index (Phi) is 10.8. The number of nitrogens with one attached hydrogen (secondary N) is 2. The molecular weight excluding hydrogens is 576 g/mol. The average molecular weight is 600 g/mol. The number of carbonyl (C=O) groups is 2. The zero-order valence-electron chi connectivity index (χ0n) is 19.0. The molecule has 0 saturated carbocycles. The van der Waals surface area contributed by atoms with Crippen molar-refractivity contribution >= 4 is 56.1 Å². The topological polar surface area (TPSA) is 120 Å². The molecule has 2 N–H and O–H groups in total. The Morgan fingerprint density at radius 1 is 0.706 bits per heavy atom. The predicted molar refractivity (Wildman–Crippen MR) is 135 cm³/mol. The summed E-state index contributed by atoms with van der Waals surface area (Å²) in [4.78, 5) is 24.0. The Labute approximate surface area is 213 Å². The maximum absolute atomic E-state index is 12.0. The summed E-state index contributed by atoms with van der Waals surface area (Å²) >= 11 is 6.77. The highest BCUT2D eigenvalue weighted by atomic mass is 79.9. The van der Waals surface area contributed by atoms with Crippen molar-refractivity contribution in [1.82, 2.24) is 10.9 Å². The largest absolute Gasteiger partial charge is 0.496 e. The third kappa shape index (κ3) is 7.73. The fourth-order valence-electron chi connectivity index (χ4n) is 2.65. The summed E-state index contributed by atoms with van der Waals surface area (Å²) in [6, 6.07) is 6.88. The first kappa shape index (κ1) is 27.1. The quantitative estimate of drug-likeness (QED) is 0.301. The third-order valence-electron chi connectivity index (χ3n) is 4.37. The van der Waals surface area contributed by atoms with Crippen molar-refractivity contribution in [2.75, 3.05) is 28.4 Å². The normalized spacial score (nSPS) is 10.9. The highest BCUT2D eigenvalue weighted by Crippen LogP contribution is 2.32. The van der Waals surface area contributed by atoms with Crippen LogP contribution < -0.4 is 29.8 Å². The molecule has 34 heavy (non-hydrogen) atoms. The number of hydrogen-bond acceptors (Lipinski definition) is 8. The van der Waals surface area contributed by atoms with Crippen molar-refractivity contribution in [2.24, 2.45) is 10.2 Å². The molecule has 0 spiro atoms. The van der Waals surface area contributed by atoms with E-state index < -0.39 is 11.8 Å². The second-order valence-corrected chi connectivity index (χ2v) is 8.25. The van der Waals surface area contributed by atoms with Crippen LogP contribution in [0.3, 0.4) is 0 Å². The van der Waals surface area contributed by atoms with Crippen LogP contribution in [0.1, 0.15) is 24.0 Å². The van der Waals surface area contributed by atoms with Gasteiger partial charge >= 0.3 is 0 Å². The first-order valence-electron chi connectivity index (χ1n) is 9.79. The number of rotatable bonds is 11. The SMILES string of the molecule is COc1cc(OC)c(/C=N\NC(=O)CCC(=O)N/N=C/c2cc(Br)c(OC)cc2OC)cc1Br. The van der Waals surface area contributed by atoms with Crippen molar-refractivity contribution in [3.8, 4) is 23.0 Å². The second kappa shape index (κ2) is 13.6. The van der Waals surface area contributed by atoms with Gasteiger partial charge in [-0.15, -0.1) is 0 Å². The summed E-state index contributed by atoms with van der Waals surface area (Å²) in [6.07, 6.45) is 2.73. The smallest absolute Gasteiger partial charge is 0.240 e. The average Bonchev–Trinajstić information content (AvgIpc) is 2.83. The van der Waals surface area contributed by atoms with Crippen LogP contribution in [-0.4, -0.2) is 52.7 Å². The predicted octanol–water partition coefficient (Wildman–Crippen LogP) is 3.63. The molecule has 2 amide bonds. The Hall–Kier alpha value is -3.12. The van der Waals surface area contributed by atoms with Crippen LogP contribution in [0.25, 0.3) is 0 Å². The summed E-state index contributed by atoms with van der Waals surface area (Å²) in [7, 11) is 6.13. The molecule has 10 nitrogen and oxygen atoms in total. The fourth-order valence-corrected chi connectivity index (χ4v) is 3.70. The van der Waals surface area contributed by atoms with E-state index in [9.17, 15) is 9.59 Å². The van der Waals surface area contributed by atoms with Gasteiger partial charge in [-0.1, -0.05) is 0 Å². The number of hydrogen-bond donors (Lipinski definition) is 2. The molecule has 0 heterocycles. The zero-order valence-corrected chi connectivity index (χ0v) is 22.2. The third-order valence-corrected chi connectivity index (χ3v) is 5.61. The molecule has 0 aliphatic heterocycles. The van der Waals surface area contributed by atoms with Crippen molar-refractivity contribution < 1.29 is 28.5 Å². The van der Waals surface area contributed by atoms with Gasteiger partial charge < -0.3 is 18.9 Å². The Morgan fingerprint density at radius 3 is 1.38 bits per heavy atom. The molecule has 2 aromatic rings. The lowest BCUT2D eigenvalue weighted by Crippen LogP contribution is -2.22. The number of halogens is 2. The minimum absolute atomic E-state index is 0.0699. The van der Waals surface area contributed by atoms with Gasteiger partial charge in [0, 0.05) is 36.1 Å². The molecule has 2 rings (SSSR count). The molecular formula is C22H24Br2N4O6. The Morgan fingerprint density at radius 2 is 1.06 bits per heavy atom. The first-order chi connectivity index (χ1) is 16.3. The standard InChI is InChI=1S/C22H24Br2N4O6/c1-31-17-9-19(33-3)15(23)7-13(17)11-25-27-21(29)5-6-22(30)28-26-12-14-8-16(24)20(34-4)10-18(14)32-2/h7-12H,5-6H2,1-4H3,(H,27,29)(H,28,30)/b25-11-,26-12+. The second-order valence-electron chi connectivity index (χ2n) is 6.54. The number of carbonyl (C=O) groups excluding carboxylic acids is 2. The Bertz CT molecular complexity index is 1010. The van der Waals surface area contributed by atoms with E-state index in [0.29, 0.717) is 43.1 Å². The van der Waals surface area contributed by atoms with Crippen molar-refractivity contribution in [1.29, 1.82) is 0 Å². The Balaban J connectivity index is 1.85. The van der Waals surface area contributed by atoms with Gasteiger partial charge in [-0.3, -0.25) is 9.59 Å². The van der Waals surface area contributed by atoms with Gasteiger partial charge in [0.25, 0.3) is 0 Å². The van der Waals surface area contributed by atoms with Crippen LogP contribution in [0.4, 0.5) is 0 Å². The molecule has 0 unspecified atom stereocenters. The molecule has 0 saturated heterocycles. The van der Waals surface area contributed by atoms with Crippen LogP contribution in [-0.2, 0) is 9.59 Å². The first-order valence-corrected chi connectivity index (χ1v) is 11.4. The van der Waals surface area contributed by atoms with Crippen molar-refractivity contribution in [2.45, 2.75) is 12.8 Å². The van der Waals surface area contributed by atoms with E-state index in [4.69, 9.17) is 18.9 Å². The minimum Gasteiger partial charge on any atom is -0.496 e. The van der Waals surface area contributed by atoms with Gasteiger partial charge in [-0.2, -0.15) is 10.2 Å². The van der Waals surface area contributed by atoms with Crippen LogP contribution in [0.2, 0.25) is 0 Å². The number of ether oxygens (including phenoxy) is 4. The van der Waals surface area contributed by atoms with Crippen LogP contribution in [0.15, 0.2) is 43.4 Å². The lowest BCUT2D eigenvalue weighted by atomic mass is 10.2. The van der Waals surface area contributed by atoms with E-state index in [2.05, 4.69) is 52.9 Å². The minimum atomic E-state index is -0.428. The molecule has 0 radical (unpaired) electrons. The molecule has 0 fully saturated rings. The number of hydrazone groups is 2. The van der Waals surface area contributed by atoms with Gasteiger partial charge in [-0.05, 0) is 44.0 Å². The highest BCUT2D eigenvalue weighted by molar-refractivity contribution is 9.10. The number of benzene rings is 2. The molecule has 182 valence electrons. The van der Waals surface area contributed by atoms with Crippen LogP contribution >= 0.6 is 31.9 Å². The van der Waals surface area contributed by atoms with E-state index in [1.54, 1.807) is 38.5 Å². The van der Waals surface area contributed by atoms with Gasteiger partial charge in [0.15, 0.2) is 0 Å². The molecule has 0 aromatic heterocycles. The molecule has 0 aliphatic carbocycles. The summed E-state index contributed by atoms with van der Waals surface area (Å²) in [5.74, 6) is 1.39. The maximum Gasteiger partial charge on any atom is 0.240 e. The molecule has 12 heteroatoms. The summed E-state index contributed by atoms with van der Waals surface area (Å²) < 4.78 is 22.4. The zero-order chi connectivity index (χ0) is 25.1. The lowest BCUT2D eigenvalue weighted by Gasteiger charge is -2.09. The lowest BCUT2D eigenvalue weighted by molar-refractivity contribution is -0.126. The van der Waals surface area contributed by atoms with Crippen molar-refractivity contribution in [3.05, 3.63) is 44.3 Å². The number of methoxy groups -OCH3 is 4. The molecule has 0 aliphatic rings. The van der Waals surface area contributed by atoms with E-state index >= 15 is 0 Å². The summed E-state index contributed by atoms with van der Waals surface area (Å²) in [5, 5.41) is 7.82. The highest BCUT2D eigenvalue weighted by Gasteiger charge is 2.10. The van der Waals surface area contributed by atoms with E-state index in [0.717, 1.165) is 0 Å². The van der Waals surface area contributed by atoms with Gasteiger partial charge in [0.05, 0.1) is 49.8 Å².